The summed E-state index contributed by atoms with van der Waals surface area (Å²) in [4.78, 5) is 5.25. The van der Waals surface area contributed by atoms with Gasteiger partial charge in [0, 0.05) is 77.8 Å². The van der Waals surface area contributed by atoms with E-state index in [-0.39, 0.29) is 16.2 Å². The average Bonchev–Trinajstić information content (AvgIpc) is 0.805. The summed E-state index contributed by atoms with van der Waals surface area (Å²) in [5, 5.41) is 3.34. The van der Waals surface area contributed by atoms with Crippen LogP contribution in [0.15, 0.2) is 267 Å². The molecular weight excluding hydrogens is 1420 g/mol. The molecule has 0 unspecified atom stereocenters. The number of hydrogen-bond acceptors (Lipinski definition) is 2. The Balaban J connectivity index is 1.05. The van der Waals surface area contributed by atoms with Crippen molar-refractivity contribution >= 4 is 101 Å². The van der Waals surface area contributed by atoms with E-state index in [1.165, 1.54) is 11.1 Å². The van der Waals surface area contributed by atoms with Crippen LogP contribution in [0, 0.1) is 37.9 Å². The smallest absolute Gasteiger partial charge is 0.252 e. The van der Waals surface area contributed by atoms with Crippen molar-refractivity contribution in [1.29, 1.82) is 0 Å². The first-order valence-electron chi connectivity index (χ1n) is 46.7. The van der Waals surface area contributed by atoms with Gasteiger partial charge in [-0.25, -0.2) is 0 Å². The number of fused-ring (bicyclic) bond motifs is 10. The number of nitrogens with zero attached hydrogens (tertiary/aromatic N) is 4. The fourth-order valence-corrected chi connectivity index (χ4v) is 18.7. The molecule has 5 heteroatoms. The van der Waals surface area contributed by atoms with Crippen molar-refractivity contribution in [3.63, 3.8) is 0 Å². The molecule has 17 rings (SSSR count). The minimum atomic E-state index is -1.74. The van der Waals surface area contributed by atoms with Crippen molar-refractivity contribution in [2.45, 2.75) is 190 Å². The summed E-state index contributed by atoms with van der Waals surface area (Å²) in [6.45, 7) is 44.1. The van der Waals surface area contributed by atoms with Gasteiger partial charge in [0.15, 0.2) is 0 Å². The first kappa shape index (κ1) is 70.2. The van der Waals surface area contributed by atoms with Crippen molar-refractivity contribution in [3.05, 3.63) is 306 Å². The highest BCUT2D eigenvalue weighted by molar-refractivity contribution is 7.00. The zero-order chi connectivity index (χ0) is 90.3. The van der Waals surface area contributed by atoms with Crippen molar-refractivity contribution in [2.24, 2.45) is 37.9 Å². The van der Waals surface area contributed by atoms with Gasteiger partial charge in [0.1, 0.15) is 0 Å². The fraction of sp³-hybridized carbons (Fsp3) is 0.310. The minimum absolute atomic E-state index is 0.101. The number of benzene rings is 13. The Morgan fingerprint density at radius 1 is 0.246 bits per heavy atom. The predicted octanol–water partition coefficient (Wildman–Crippen LogP) is 29.8. The largest absolute Gasteiger partial charge is 0.311 e. The molecule has 0 atom stereocenters. The molecule has 15 aromatic rings. The molecule has 0 spiro atoms. The first-order valence-corrected chi connectivity index (χ1v) is 42.7. The SMILES string of the molecule is [2H]C([2H])(c1ccc2c(c1)c1cc(C([2H])([2H])C(C)(C)C)ccc1n2-c1ccc2c(c1)N(c1cc(-c3ccccc3)c(CC(C)(C)C)cc1-c1ccccc1)c1cc(CC(C)(C)C)cc3c1B2c1ccc(-n2c4ccc(C([2H])([2H])C(C)(C)C)cc4c4cc(C([2H])([2H])C(C)(C)C)ccc42)cc1N3c1cc(-c2ccccc2)c(CC(C)(C)C)cc1-c1ccccc1)C(C)(C)C. The van der Waals surface area contributed by atoms with Crippen LogP contribution >= 0.6 is 0 Å². The second-order valence-electron chi connectivity index (χ2n) is 41.5. The van der Waals surface area contributed by atoms with E-state index >= 15 is 0 Å². The Hall–Kier alpha value is -10.9. The summed E-state index contributed by atoms with van der Waals surface area (Å²) in [7, 11) is 0. The number of hydrogen-bond donors (Lipinski definition) is 0. The van der Waals surface area contributed by atoms with Gasteiger partial charge in [0.2, 0.25) is 0 Å². The molecule has 4 heterocycles. The van der Waals surface area contributed by atoms with E-state index in [4.69, 9.17) is 0 Å². The minimum Gasteiger partial charge on any atom is -0.311 e. The third-order valence-corrected chi connectivity index (χ3v) is 22.7. The van der Waals surface area contributed by atoms with E-state index in [0.717, 1.165) is 168 Å². The van der Waals surface area contributed by atoms with Crippen LogP contribution in [0.2, 0.25) is 0 Å². The van der Waals surface area contributed by atoms with Gasteiger partial charge < -0.3 is 18.9 Å². The molecule has 0 saturated heterocycles. The average molecular weight is 1550 g/mol. The molecule has 596 valence electrons. The zero-order valence-electron chi connectivity index (χ0n) is 81.4. The molecule has 0 amide bonds. The van der Waals surface area contributed by atoms with Gasteiger partial charge in [0.25, 0.3) is 6.71 Å². The highest BCUT2D eigenvalue weighted by Gasteiger charge is 2.46. The summed E-state index contributed by atoms with van der Waals surface area (Å²) < 4.78 is 83.1. The van der Waals surface area contributed by atoms with Crippen LogP contribution in [-0.4, -0.2) is 15.8 Å². The van der Waals surface area contributed by atoms with Crippen molar-refractivity contribution in [2.75, 3.05) is 9.80 Å². The predicted molar refractivity (Wildman–Crippen MR) is 513 cm³/mol. The van der Waals surface area contributed by atoms with Crippen LogP contribution in [-0.2, 0) is 44.8 Å². The van der Waals surface area contributed by atoms with Crippen molar-refractivity contribution in [1.82, 2.24) is 9.13 Å². The second kappa shape index (κ2) is 29.6. The van der Waals surface area contributed by atoms with E-state index in [9.17, 15) is 11.0 Å². The van der Waals surface area contributed by atoms with Gasteiger partial charge in [-0.15, -0.1) is 0 Å². The van der Waals surface area contributed by atoms with Crippen LogP contribution in [0.3, 0.4) is 0 Å². The Kier molecular flexibility index (Phi) is 17.6. The molecule has 0 fully saturated rings. The van der Waals surface area contributed by atoms with Gasteiger partial charge in [-0.3, -0.25) is 0 Å². The number of aromatic nitrogens is 2. The monoisotopic (exact) mass is 1550 g/mol. The normalized spacial score (nSPS) is 15.0. The molecule has 0 bridgehead atoms. The standard InChI is InChI=1S/C113H121BN4/c1-107(2,3)66-73-42-50-96-90(54-73)91-55-74(67-108(4,5)6)43-51-97(91)115(96)84-46-48-94-102(62-84)117(100-64-86(78-34-26-22-27-35-78)82(71-112(16,17)18)60-88(100)80-38-30-24-31-39-80)104-58-77(70-111(13,14)15)59-105-106(104)114(94)95-49-47-85(116-98-52-44-75(68-109(7,8)9)56-92(98)93-57-76(45-53-99(93)116)69-110(10,11)12)63-103(95)118(105)101-65-87(79-36-28-23-29-37-79)83(72-113(19,20)21)61-89(101)81-40-32-25-33-41-81/h22-65H,66-72H2,1-21H3/i66D2,67D2,68D2,69D2. The molecular formula is C113H121BN4. The van der Waals surface area contributed by atoms with E-state index in [2.05, 4.69) is 300 Å². The lowest BCUT2D eigenvalue weighted by molar-refractivity contribution is 0.411. The van der Waals surface area contributed by atoms with Crippen LogP contribution in [0.5, 0.6) is 0 Å². The molecule has 2 aromatic heterocycles. The van der Waals surface area contributed by atoms with Gasteiger partial charge >= 0.3 is 0 Å². The van der Waals surface area contributed by atoms with Crippen molar-refractivity contribution in [3.8, 4) is 55.9 Å². The Morgan fingerprint density at radius 3 is 0.814 bits per heavy atom. The zero-order valence-corrected chi connectivity index (χ0v) is 73.4. The lowest BCUT2D eigenvalue weighted by Crippen LogP contribution is -2.61. The third-order valence-electron chi connectivity index (χ3n) is 22.7. The number of rotatable bonds is 15. The summed E-state index contributed by atoms with van der Waals surface area (Å²) in [5.41, 5.74) is 25.9. The summed E-state index contributed by atoms with van der Waals surface area (Å²) in [6, 6.07) is 97.3. The molecule has 2 aliphatic rings. The highest BCUT2D eigenvalue weighted by atomic mass is 15.2. The maximum absolute atomic E-state index is 9.80. The van der Waals surface area contributed by atoms with Crippen LogP contribution < -0.4 is 26.2 Å². The lowest BCUT2D eigenvalue weighted by atomic mass is 9.33. The maximum atomic E-state index is 9.80. The second-order valence-corrected chi connectivity index (χ2v) is 41.5. The topological polar surface area (TPSA) is 16.3 Å². The van der Waals surface area contributed by atoms with Crippen LogP contribution in [0.1, 0.15) is 195 Å². The maximum Gasteiger partial charge on any atom is 0.252 e. The van der Waals surface area contributed by atoms with Crippen LogP contribution in [0.4, 0.5) is 34.1 Å². The van der Waals surface area contributed by atoms with Crippen LogP contribution in [0.25, 0.3) is 99.5 Å². The summed E-state index contributed by atoms with van der Waals surface area (Å²) >= 11 is 0. The molecule has 0 saturated carbocycles. The van der Waals surface area contributed by atoms with E-state index < -0.39 is 53.9 Å². The van der Waals surface area contributed by atoms with Gasteiger partial charge in [-0.1, -0.05) is 303 Å². The molecule has 118 heavy (non-hydrogen) atoms. The molecule has 4 nitrogen and oxygen atoms in total. The van der Waals surface area contributed by atoms with Crippen molar-refractivity contribution < 1.29 is 11.0 Å². The molecule has 0 aliphatic carbocycles. The summed E-state index contributed by atoms with van der Waals surface area (Å²) in [6.07, 6.45) is -4.63. The molecule has 0 N–H and O–H groups in total. The van der Waals surface area contributed by atoms with E-state index in [0.29, 0.717) is 28.7 Å². The number of anilines is 6. The Bertz CT molecular complexity index is 6220. The molecule has 2 aliphatic heterocycles. The van der Waals surface area contributed by atoms with E-state index in [1.807, 2.05) is 132 Å². The van der Waals surface area contributed by atoms with Gasteiger partial charge in [-0.2, -0.15) is 0 Å². The lowest BCUT2D eigenvalue weighted by Gasteiger charge is -2.46. The summed E-state index contributed by atoms with van der Waals surface area (Å²) in [5.74, 6) is 0. The molecule has 0 radical (unpaired) electrons. The Labute approximate surface area is 716 Å². The fourth-order valence-electron chi connectivity index (χ4n) is 18.7. The first-order chi connectivity index (χ1) is 58.9. The third kappa shape index (κ3) is 16.1. The quantitative estimate of drug-likeness (QED) is 0.0951. The highest BCUT2D eigenvalue weighted by Crippen LogP contribution is 2.54. The van der Waals surface area contributed by atoms with Gasteiger partial charge in [0.05, 0.1) is 33.4 Å². The van der Waals surface area contributed by atoms with E-state index in [1.54, 1.807) is 0 Å². The van der Waals surface area contributed by atoms with Gasteiger partial charge in [-0.05, 0) is 281 Å². The molecule has 13 aromatic carbocycles. The Morgan fingerprint density at radius 2 is 0.534 bits per heavy atom.